The number of piperidine rings is 1. The number of hydrogen-bond donors (Lipinski definition) is 2. The van der Waals surface area contributed by atoms with Gasteiger partial charge in [0, 0.05) is 42.2 Å². The molecule has 1 unspecified atom stereocenters. The Morgan fingerprint density at radius 1 is 1.06 bits per heavy atom. The summed E-state index contributed by atoms with van der Waals surface area (Å²) in [5.74, 6) is -0.351. The van der Waals surface area contributed by atoms with Crippen molar-refractivity contribution in [2.75, 3.05) is 13.1 Å². The smallest absolute Gasteiger partial charge is 0.317 e. The van der Waals surface area contributed by atoms with E-state index < -0.39 is 11.0 Å². The van der Waals surface area contributed by atoms with Crippen molar-refractivity contribution < 1.29 is 14.3 Å². The molecular formula is C28H31FN4O3. The molecule has 0 radical (unpaired) electrons. The molecule has 1 saturated carbocycles. The molecule has 1 aromatic heterocycles. The minimum Gasteiger partial charge on any atom is -0.387 e. The monoisotopic (exact) mass is 490 g/mol. The fraction of sp³-hybridized carbons (Fsp3) is 0.393. The van der Waals surface area contributed by atoms with Gasteiger partial charge in [-0.05, 0) is 25.3 Å². The lowest BCUT2D eigenvalue weighted by atomic mass is 9.66. The summed E-state index contributed by atoms with van der Waals surface area (Å²) in [5, 5.41) is 14.8. The van der Waals surface area contributed by atoms with Crippen molar-refractivity contribution in [2.24, 2.45) is 5.41 Å². The largest absolute Gasteiger partial charge is 0.387 e. The van der Waals surface area contributed by atoms with Crippen LogP contribution in [0.3, 0.4) is 0 Å². The van der Waals surface area contributed by atoms with Crippen molar-refractivity contribution in [2.45, 2.75) is 50.8 Å². The first-order valence-corrected chi connectivity index (χ1v) is 12.5. The van der Waals surface area contributed by atoms with Gasteiger partial charge in [0.2, 0.25) is 0 Å². The predicted octanol–water partition coefficient (Wildman–Crippen LogP) is 3.96. The number of halogens is 1. The number of aliphatic hydroxyl groups is 1. The third-order valence-electron chi connectivity index (χ3n) is 7.89. The highest BCUT2D eigenvalue weighted by Crippen LogP contribution is 2.51. The summed E-state index contributed by atoms with van der Waals surface area (Å²) in [5.41, 5.74) is 0.0448. The summed E-state index contributed by atoms with van der Waals surface area (Å²) < 4.78 is 15.4. The Morgan fingerprint density at radius 3 is 2.50 bits per heavy atom. The molecule has 1 atom stereocenters. The Bertz CT molecular complexity index is 1290. The second-order valence-electron chi connectivity index (χ2n) is 10.0. The number of nitrogens with one attached hydrogen (secondary N) is 1. The molecule has 3 aromatic rings. The van der Waals surface area contributed by atoms with E-state index in [2.05, 4.69) is 10.3 Å². The number of hydrogen-bond acceptors (Lipinski definition) is 4. The van der Waals surface area contributed by atoms with Crippen LogP contribution < -0.4 is 10.9 Å². The van der Waals surface area contributed by atoms with Crippen LogP contribution in [0.25, 0.3) is 11.3 Å². The van der Waals surface area contributed by atoms with E-state index in [0.717, 1.165) is 31.2 Å². The van der Waals surface area contributed by atoms with Crippen LogP contribution in [0.5, 0.6) is 0 Å². The summed E-state index contributed by atoms with van der Waals surface area (Å²) in [7, 11) is 0. The van der Waals surface area contributed by atoms with E-state index >= 15 is 0 Å². The van der Waals surface area contributed by atoms with E-state index in [1.54, 1.807) is 23.1 Å². The maximum absolute atomic E-state index is 14.0. The highest BCUT2D eigenvalue weighted by atomic mass is 19.1. The number of rotatable bonds is 5. The molecule has 2 aromatic carbocycles. The molecule has 2 amide bonds. The highest BCUT2D eigenvalue weighted by Gasteiger charge is 2.55. The Labute approximate surface area is 209 Å². The van der Waals surface area contributed by atoms with Gasteiger partial charge in [-0.25, -0.2) is 14.2 Å². The summed E-state index contributed by atoms with van der Waals surface area (Å²) in [6.07, 6.45) is 5.36. The maximum atomic E-state index is 14.0. The van der Waals surface area contributed by atoms with Gasteiger partial charge in [-0.3, -0.25) is 9.36 Å². The maximum Gasteiger partial charge on any atom is 0.317 e. The number of aromatic nitrogens is 2. The first kappa shape index (κ1) is 24.2. The van der Waals surface area contributed by atoms with E-state index in [9.17, 15) is 19.1 Å². The molecule has 7 nitrogen and oxygen atoms in total. The summed E-state index contributed by atoms with van der Waals surface area (Å²) in [4.78, 5) is 32.1. The third-order valence-corrected chi connectivity index (χ3v) is 7.89. The van der Waals surface area contributed by atoms with Crippen LogP contribution in [0.2, 0.25) is 0 Å². The molecule has 1 spiro atoms. The number of benzene rings is 2. The van der Waals surface area contributed by atoms with Crippen LogP contribution in [-0.2, 0) is 13.1 Å². The Hall–Kier alpha value is -3.52. The molecule has 1 saturated heterocycles. The first-order valence-electron chi connectivity index (χ1n) is 12.5. The Morgan fingerprint density at radius 2 is 1.78 bits per heavy atom. The summed E-state index contributed by atoms with van der Waals surface area (Å²) >= 11 is 0. The zero-order valence-electron chi connectivity index (χ0n) is 20.2. The average Bonchev–Trinajstić information content (AvgIpc) is 3.37. The SMILES string of the molecule is O=C(NCc1ccccc1F)N1CCC(O)(Cn2cnc(-c3ccccc3)cc2=O)C2(CCCC2)C1. The zero-order valence-corrected chi connectivity index (χ0v) is 20.2. The predicted molar refractivity (Wildman–Crippen MR) is 135 cm³/mol. The number of likely N-dealkylation sites (tertiary alicyclic amines) is 1. The normalized spacial score (nSPS) is 21.0. The number of nitrogens with zero attached hydrogens (tertiary/aromatic N) is 3. The van der Waals surface area contributed by atoms with Crippen LogP contribution >= 0.6 is 0 Å². The summed E-state index contributed by atoms with van der Waals surface area (Å²) in [6.45, 7) is 0.995. The molecule has 2 aliphatic rings. The quantitative estimate of drug-likeness (QED) is 0.567. The Balaban J connectivity index is 1.31. The van der Waals surface area contributed by atoms with Crippen LogP contribution in [-0.4, -0.2) is 44.3 Å². The number of carbonyl (C=O) groups excluding carboxylic acids is 1. The second kappa shape index (κ2) is 9.85. The first-order chi connectivity index (χ1) is 17.4. The van der Waals surface area contributed by atoms with E-state index in [1.165, 1.54) is 23.0 Å². The van der Waals surface area contributed by atoms with Gasteiger partial charge in [0.1, 0.15) is 5.82 Å². The molecule has 0 bridgehead atoms. The van der Waals surface area contributed by atoms with Gasteiger partial charge in [-0.15, -0.1) is 0 Å². The van der Waals surface area contributed by atoms with E-state index in [0.29, 0.717) is 30.8 Å². The van der Waals surface area contributed by atoms with Crippen molar-refractivity contribution in [1.82, 2.24) is 19.8 Å². The van der Waals surface area contributed by atoms with E-state index in [-0.39, 0.29) is 30.5 Å². The molecule has 36 heavy (non-hydrogen) atoms. The fourth-order valence-electron chi connectivity index (χ4n) is 5.79. The van der Waals surface area contributed by atoms with Crippen LogP contribution in [0.4, 0.5) is 9.18 Å². The summed E-state index contributed by atoms with van der Waals surface area (Å²) in [6, 6.07) is 17.1. The van der Waals surface area contributed by atoms with Crippen LogP contribution in [0.15, 0.2) is 71.8 Å². The fourth-order valence-corrected chi connectivity index (χ4v) is 5.79. The van der Waals surface area contributed by atoms with Gasteiger partial charge in [0.25, 0.3) is 5.56 Å². The topological polar surface area (TPSA) is 87.5 Å². The molecule has 1 aliphatic heterocycles. The second-order valence-corrected chi connectivity index (χ2v) is 10.0. The van der Waals surface area contributed by atoms with E-state index in [1.807, 2.05) is 30.3 Å². The molecule has 2 fully saturated rings. The van der Waals surface area contributed by atoms with Gasteiger partial charge in [-0.2, -0.15) is 0 Å². The van der Waals surface area contributed by atoms with Gasteiger partial charge >= 0.3 is 6.03 Å². The zero-order chi connectivity index (χ0) is 25.2. The molecule has 188 valence electrons. The Kier molecular flexibility index (Phi) is 6.62. The molecule has 2 heterocycles. The number of carbonyl (C=O) groups is 1. The van der Waals surface area contributed by atoms with Crippen LogP contribution in [0.1, 0.15) is 37.7 Å². The third kappa shape index (κ3) is 4.65. The minimum absolute atomic E-state index is 0.105. The van der Waals surface area contributed by atoms with Gasteiger partial charge in [0.05, 0.1) is 24.2 Å². The minimum atomic E-state index is -1.13. The highest BCUT2D eigenvalue weighted by molar-refractivity contribution is 5.74. The van der Waals surface area contributed by atoms with Crippen molar-refractivity contribution in [1.29, 1.82) is 0 Å². The lowest BCUT2D eigenvalue weighted by Gasteiger charge is -2.52. The molecule has 8 heteroatoms. The van der Waals surface area contributed by atoms with Gasteiger partial charge < -0.3 is 15.3 Å². The van der Waals surface area contributed by atoms with Gasteiger partial charge in [-0.1, -0.05) is 61.4 Å². The number of amides is 2. The van der Waals surface area contributed by atoms with E-state index in [4.69, 9.17) is 0 Å². The van der Waals surface area contributed by atoms with Crippen molar-refractivity contribution in [3.05, 3.63) is 88.7 Å². The average molecular weight is 491 g/mol. The molecule has 1 aliphatic carbocycles. The molecular weight excluding hydrogens is 459 g/mol. The molecule has 5 rings (SSSR count). The molecule has 2 N–H and O–H groups in total. The standard InChI is InChI=1S/C28H31FN4O3/c29-23-11-5-4-10-22(23)17-30-26(35)32-15-14-28(36,27(18-32)12-6-7-13-27)19-33-20-31-24(16-25(33)34)21-8-2-1-3-9-21/h1-5,8-11,16,20,36H,6-7,12-15,17-19H2,(H,30,35). The lowest BCUT2D eigenvalue weighted by molar-refractivity contribution is -0.135. The lowest BCUT2D eigenvalue weighted by Crippen LogP contribution is -2.63. The van der Waals surface area contributed by atoms with Gasteiger partial charge in [0.15, 0.2) is 0 Å². The van der Waals surface area contributed by atoms with Crippen LogP contribution in [0, 0.1) is 11.2 Å². The van der Waals surface area contributed by atoms with Crippen molar-refractivity contribution in [3.63, 3.8) is 0 Å². The van der Waals surface area contributed by atoms with Crippen molar-refractivity contribution >= 4 is 6.03 Å². The number of urea groups is 1. The van der Waals surface area contributed by atoms with Crippen molar-refractivity contribution in [3.8, 4) is 11.3 Å².